The van der Waals surface area contributed by atoms with Crippen molar-refractivity contribution in [2.75, 3.05) is 23.9 Å². The average Bonchev–Trinajstić information content (AvgIpc) is 2.99. The summed E-state index contributed by atoms with van der Waals surface area (Å²) in [6.45, 7) is 1.94. The van der Waals surface area contributed by atoms with E-state index in [0.717, 1.165) is 13.1 Å². The average molecular weight is 294 g/mol. The molecule has 1 aliphatic heterocycles. The van der Waals surface area contributed by atoms with Gasteiger partial charge in [-0.15, -0.1) is 11.6 Å². The van der Waals surface area contributed by atoms with E-state index < -0.39 is 5.97 Å². The molecule has 5 nitrogen and oxygen atoms in total. The van der Waals surface area contributed by atoms with Crippen LogP contribution in [0.1, 0.15) is 0 Å². The fraction of sp³-hybridized carbons (Fsp3) is 0.429. The third-order valence-corrected chi connectivity index (χ3v) is 4.24. The summed E-state index contributed by atoms with van der Waals surface area (Å²) in [6, 6.07) is 10.3. The molecular weight excluding hydrogens is 278 g/mol. The molecule has 2 unspecified atom stereocenters. The molecule has 0 amide bonds. The van der Waals surface area contributed by atoms with Gasteiger partial charge in [-0.05, 0) is 24.0 Å². The topological polar surface area (TPSA) is 67.9 Å². The molecule has 1 saturated carbocycles. The Balaban J connectivity index is 1.56. The van der Waals surface area contributed by atoms with E-state index in [4.69, 9.17) is 17.3 Å². The Labute approximate surface area is 122 Å². The molecule has 0 aromatic heterocycles. The van der Waals surface area contributed by atoms with Crippen molar-refractivity contribution in [2.24, 2.45) is 28.6 Å². The first-order chi connectivity index (χ1) is 9.70. The number of anilines is 1. The third-order valence-electron chi connectivity index (χ3n) is 4.02. The summed E-state index contributed by atoms with van der Waals surface area (Å²) >= 11 is 5.32. The Bertz CT molecular complexity index is 522. The molecule has 0 spiro atoms. The van der Waals surface area contributed by atoms with Crippen molar-refractivity contribution in [3.63, 3.8) is 0 Å². The van der Waals surface area contributed by atoms with Crippen LogP contribution in [0.25, 0.3) is 0 Å². The van der Waals surface area contributed by atoms with Gasteiger partial charge in [-0.3, -0.25) is 0 Å². The van der Waals surface area contributed by atoms with Crippen molar-refractivity contribution in [1.29, 1.82) is 0 Å². The van der Waals surface area contributed by atoms with Crippen LogP contribution >= 0.6 is 11.6 Å². The van der Waals surface area contributed by atoms with Crippen molar-refractivity contribution in [3.05, 3.63) is 30.3 Å². The number of benzene rings is 1. The zero-order chi connectivity index (χ0) is 14.1. The highest BCUT2D eigenvalue weighted by Gasteiger charge is 2.58. The van der Waals surface area contributed by atoms with Gasteiger partial charge in [0.1, 0.15) is 11.7 Å². The number of oxime groups is 1. The summed E-state index contributed by atoms with van der Waals surface area (Å²) in [4.78, 5) is 17.9. The number of halogens is 1. The lowest BCUT2D eigenvalue weighted by atomic mass is 10.2. The van der Waals surface area contributed by atoms with Gasteiger partial charge >= 0.3 is 5.97 Å². The molecule has 3 rings (SSSR count). The van der Waals surface area contributed by atoms with E-state index in [1.807, 2.05) is 18.2 Å². The molecule has 2 fully saturated rings. The molecular formula is C14H16ClN3O2. The summed E-state index contributed by atoms with van der Waals surface area (Å²) < 4.78 is 0. The van der Waals surface area contributed by atoms with Gasteiger partial charge in [0, 0.05) is 24.7 Å². The molecule has 2 N–H and O–H groups in total. The summed E-state index contributed by atoms with van der Waals surface area (Å²) in [6.07, 6.45) is 0. The van der Waals surface area contributed by atoms with Gasteiger partial charge in [0.05, 0.1) is 0 Å². The van der Waals surface area contributed by atoms with E-state index in [1.54, 1.807) is 0 Å². The highest BCUT2D eigenvalue weighted by Crippen LogP contribution is 2.52. The van der Waals surface area contributed by atoms with Gasteiger partial charge in [-0.25, -0.2) is 4.79 Å². The van der Waals surface area contributed by atoms with Crippen LogP contribution in [0.15, 0.2) is 35.5 Å². The molecule has 1 aliphatic carbocycles. The largest absolute Gasteiger partial charge is 0.384 e. The molecule has 1 aromatic carbocycles. The number of nitrogens with zero attached hydrogens (tertiary/aromatic N) is 2. The number of piperidine rings is 1. The van der Waals surface area contributed by atoms with E-state index in [0.29, 0.717) is 17.7 Å². The van der Waals surface area contributed by atoms with Gasteiger partial charge < -0.3 is 15.5 Å². The normalized spacial score (nSPS) is 28.1. The van der Waals surface area contributed by atoms with Crippen LogP contribution in [0.2, 0.25) is 0 Å². The van der Waals surface area contributed by atoms with Crippen molar-refractivity contribution in [3.8, 4) is 0 Å². The number of rotatable bonds is 4. The fourth-order valence-electron chi connectivity index (χ4n) is 3.00. The van der Waals surface area contributed by atoms with Crippen molar-refractivity contribution < 1.29 is 9.63 Å². The van der Waals surface area contributed by atoms with Gasteiger partial charge in [-0.1, -0.05) is 23.4 Å². The first kappa shape index (κ1) is 13.2. The minimum atomic E-state index is -0.577. The first-order valence-corrected chi connectivity index (χ1v) is 7.13. The predicted molar refractivity (Wildman–Crippen MR) is 77.6 cm³/mol. The SMILES string of the molecule is NC(=NOC(=O)CCl)C1C2CN(c3ccccc3)CC21. The van der Waals surface area contributed by atoms with Crippen LogP contribution in [0.5, 0.6) is 0 Å². The maximum Gasteiger partial charge on any atom is 0.349 e. The second-order valence-corrected chi connectivity index (χ2v) is 5.47. The number of hydrogen-bond donors (Lipinski definition) is 1. The molecule has 2 atom stereocenters. The summed E-state index contributed by atoms with van der Waals surface area (Å²) in [5.74, 6) is 0.869. The number of alkyl halides is 1. The molecule has 2 aliphatic rings. The fourth-order valence-corrected chi connectivity index (χ4v) is 3.05. The van der Waals surface area contributed by atoms with Gasteiger partial charge in [0.2, 0.25) is 0 Å². The molecule has 0 bridgehead atoms. The molecule has 0 radical (unpaired) electrons. The molecule has 1 aromatic rings. The predicted octanol–water partition coefficient (Wildman–Crippen LogP) is 1.42. The monoisotopic (exact) mass is 293 g/mol. The van der Waals surface area contributed by atoms with Crippen molar-refractivity contribution in [1.82, 2.24) is 0 Å². The second kappa shape index (κ2) is 5.32. The maximum absolute atomic E-state index is 10.9. The lowest BCUT2D eigenvalue weighted by molar-refractivity contribution is -0.140. The highest BCUT2D eigenvalue weighted by atomic mass is 35.5. The van der Waals surface area contributed by atoms with E-state index in [9.17, 15) is 4.79 Å². The number of carbonyl (C=O) groups excluding carboxylic acids is 1. The Morgan fingerprint density at radius 2 is 2.00 bits per heavy atom. The lowest BCUT2D eigenvalue weighted by Gasteiger charge is -2.21. The highest BCUT2D eigenvalue weighted by molar-refractivity contribution is 6.26. The summed E-state index contributed by atoms with van der Waals surface area (Å²) in [5, 5.41) is 3.68. The minimum absolute atomic E-state index is 0.212. The number of amidine groups is 1. The Morgan fingerprint density at radius 3 is 2.60 bits per heavy atom. The minimum Gasteiger partial charge on any atom is -0.384 e. The summed E-state index contributed by atoms with van der Waals surface area (Å²) in [7, 11) is 0. The zero-order valence-corrected chi connectivity index (χ0v) is 11.7. The Hall–Kier alpha value is -1.75. The van der Waals surface area contributed by atoms with E-state index in [2.05, 4.69) is 27.0 Å². The molecule has 20 heavy (non-hydrogen) atoms. The number of hydrogen-bond acceptors (Lipinski definition) is 4. The third kappa shape index (κ3) is 2.45. The number of para-hydroxylation sites is 1. The van der Waals surface area contributed by atoms with E-state index in [1.165, 1.54) is 5.69 Å². The first-order valence-electron chi connectivity index (χ1n) is 6.60. The molecule has 1 heterocycles. The van der Waals surface area contributed by atoms with Gasteiger partial charge in [0.25, 0.3) is 0 Å². The van der Waals surface area contributed by atoms with E-state index in [-0.39, 0.29) is 11.8 Å². The number of nitrogens with two attached hydrogens (primary N) is 1. The summed E-state index contributed by atoms with van der Waals surface area (Å²) in [5.41, 5.74) is 7.11. The molecule has 106 valence electrons. The van der Waals surface area contributed by atoms with Crippen LogP contribution in [0.3, 0.4) is 0 Å². The molecule has 1 saturated heterocycles. The quantitative estimate of drug-likeness (QED) is 0.300. The van der Waals surface area contributed by atoms with Crippen LogP contribution in [0, 0.1) is 17.8 Å². The van der Waals surface area contributed by atoms with Crippen molar-refractivity contribution >= 4 is 29.1 Å². The van der Waals surface area contributed by atoms with Crippen LogP contribution < -0.4 is 10.6 Å². The van der Waals surface area contributed by atoms with E-state index >= 15 is 0 Å². The Kier molecular flexibility index (Phi) is 3.53. The second-order valence-electron chi connectivity index (χ2n) is 5.21. The van der Waals surface area contributed by atoms with Gasteiger partial charge in [-0.2, -0.15) is 0 Å². The smallest absolute Gasteiger partial charge is 0.349 e. The van der Waals surface area contributed by atoms with Gasteiger partial charge in [0.15, 0.2) is 0 Å². The van der Waals surface area contributed by atoms with Crippen LogP contribution in [-0.2, 0) is 9.63 Å². The van der Waals surface area contributed by atoms with Crippen LogP contribution in [-0.4, -0.2) is 30.8 Å². The Morgan fingerprint density at radius 1 is 1.35 bits per heavy atom. The maximum atomic E-state index is 10.9. The van der Waals surface area contributed by atoms with Crippen molar-refractivity contribution in [2.45, 2.75) is 0 Å². The van der Waals surface area contributed by atoms with Crippen LogP contribution in [0.4, 0.5) is 5.69 Å². The number of fused-ring (bicyclic) bond motifs is 1. The lowest BCUT2D eigenvalue weighted by Crippen LogP contribution is -2.28. The zero-order valence-electron chi connectivity index (χ0n) is 10.9. The molecule has 6 heteroatoms. The number of carbonyl (C=O) groups is 1. The standard InChI is InChI=1S/C14H16ClN3O2/c15-6-12(19)20-17-14(16)13-10-7-18(8-11(10)13)9-4-2-1-3-5-9/h1-5,10-11,13H,6-8H2,(H2,16,17).